The van der Waals surface area contributed by atoms with Crippen LogP contribution in [-0.4, -0.2) is 15.9 Å². The van der Waals surface area contributed by atoms with Crippen LogP contribution in [0.25, 0.3) is 22.3 Å². The second-order valence-corrected chi connectivity index (χ2v) is 5.72. The van der Waals surface area contributed by atoms with Crippen LogP contribution < -0.4 is 10.9 Å². The molecule has 0 spiro atoms. The molecule has 0 unspecified atom stereocenters. The molecule has 6 heteroatoms. The van der Waals surface area contributed by atoms with Crippen LogP contribution >= 0.6 is 15.9 Å². The predicted octanol–water partition coefficient (Wildman–Crippen LogP) is 3.31. The van der Waals surface area contributed by atoms with Crippen molar-refractivity contribution in [2.24, 2.45) is 0 Å². The molecule has 0 aliphatic carbocycles. The summed E-state index contributed by atoms with van der Waals surface area (Å²) in [5.41, 5.74) is 2.44. The van der Waals surface area contributed by atoms with Gasteiger partial charge in [0, 0.05) is 17.0 Å². The average Bonchev–Trinajstić information content (AvgIpc) is 2.48. The minimum absolute atomic E-state index is 0.208. The van der Waals surface area contributed by atoms with Crippen LogP contribution in [0.5, 0.6) is 0 Å². The van der Waals surface area contributed by atoms with Gasteiger partial charge in [-0.3, -0.25) is 9.59 Å². The molecule has 0 aliphatic rings. The van der Waals surface area contributed by atoms with Crippen molar-refractivity contribution >= 4 is 38.6 Å². The van der Waals surface area contributed by atoms with Gasteiger partial charge in [-0.1, -0.05) is 28.1 Å². The van der Waals surface area contributed by atoms with Gasteiger partial charge in [0.05, 0.1) is 16.7 Å². The quantitative estimate of drug-likeness (QED) is 0.738. The van der Waals surface area contributed by atoms with Gasteiger partial charge in [-0.05, 0) is 30.3 Å². The van der Waals surface area contributed by atoms with Crippen molar-refractivity contribution in [3.05, 3.63) is 57.3 Å². The van der Waals surface area contributed by atoms with E-state index in [1.807, 2.05) is 18.2 Å². The third-order valence-electron chi connectivity index (χ3n) is 3.15. The van der Waals surface area contributed by atoms with E-state index in [1.165, 1.54) is 6.92 Å². The molecule has 0 atom stereocenters. The highest BCUT2D eigenvalue weighted by atomic mass is 79.9. The number of benzene rings is 2. The first-order valence-electron chi connectivity index (χ1n) is 6.61. The molecule has 0 saturated carbocycles. The van der Waals surface area contributed by atoms with E-state index >= 15 is 0 Å². The highest BCUT2D eigenvalue weighted by molar-refractivity contribution is 9.10. The number of hydrogen-bond acceptors (Lipinski definition) is 3. The topological polar surface area (TPSA) is 74.8 Å². The lowest BCUT2D eigenvalue weighted by Crippen LogP contribution is -2.14. The summed E-state index contributed by atoms with van der Waals surface area (Å²) in [5.74, 6) is -0.208. The van der Waals surface area contributed by atoms with Gasteiger partial charge in [0.15, 0.2) is 0 Å². The maximum Gasteiger partial charge on any atom is 0.275 e. The van der Waals surface area contributed by atoms with Gasteiger partial charge in [0.2, 0.25) is 5.91 Å². The maximum absolute atomic E-state index is 12.3. The van der Waals surface area contributed by atoms with Crippen molar-refractivity contribution in [1.29, 1.82) is 0 Å². The molecule has 3 rings (SSSR count). The lowest BCUT2D eigenvalue weighted by molar-refractivity contribution is -0.114. The highest BCUT2D eigenvalue weighted by Gasteiger charge is 2.13. The minimum Gasteiger partial charge on any atom is -0.326 e. The molecule has 0 bridgehead atoms. The summed E-state index contributed by atoms with van der Waals surface area (Å²) in [4.78, 5) is 30.9. The second-order valence-electron chi connectivity index (χ2n) is 4.80. The van der Waals surface area contributed by atoms with E-state index in [9.17, 15) is 9.59 Å². The number of amides is 1. The van der Waals surface area contributed by atoms with Gasteiger partial charge in [-0.2, -0.15) is 0 Å². The number of carbonyl (C=O) groups is 1. The van der Waals surface area contributed by atoms with E-state index in [0.717, 1.165) is 4.47 Å². The molecule has 0 aliphatic heterocycles. The van der Waals surface area contributed by atoms with Gasteiger partial charge in [0.1, 0.15) is 5.69 Å². The van der Waals surface area contributed by atoms with E-state index in [0.29, 0.717) is 22.3 Å². The number of aromatic nitrogens is 2. The third kappa shape index (κ3) is 2.78. The summed E-state index contributed by atoms with van der Waals surface area (Å²) >= 11 is 3.38. The lowest BCUT2D eigenvalue weighted by atomic mass is 10.1. The predicted molar refractivity (Wildman–Crippen MR) is 89.8 cm³/mol. The minimum atomic E-state index is -0.302. The van der Waals surface area contributed by atoms with Crippen LogP contribution in [0, 0.1) is 0 Å². The number of aromatic amines is 1. The number of rotatable bonds is 2. The molecule has 1 amide bonds. The van der Waals surface area contributed by atoms with Crippen molar-refractivity contribution in [1.82, 2.24) is 9.97 Å². The van der Waals surface area contributed by atoms with Crippen molar-refractivity contribution < 1.29 is 4.79 Å². The van der Waals surface area contributed by atoms with Gasteiger partial charge in [-0.25, -0.2) is 4.98 Å². The van der Waals surface area contributed by atoms with Crippen molar-refractivity contribution in [2.75, 3.05) is 5.32 Å². The molecule has 22 heavy (non-hydrogen) atoms. The lowest BCUT2D eigenvalue weighted by Gasteiger charge is -2.10. The first-order chi connectivity index (χ1) is 10.5. The van der Waals surface area contributed by atoms with Crippen molar-refractivity contribution in [2.45, 2.75) is 6.92 Å². The largest absolute Gasteiger partial charge is 0.326 e. The number of carbonyl (C=O) groups excluding carboxylic acids is 1. The Labute approximate surface area is 134 Å². The first-order valence-corrected chi connectivity index (χ1v) is 7.40. The van der Waals surface area contributed by atoms with Gasteiger partial charge in [-0.15, -0.1) is 0 Å². The summed E-state index contributed by atoms with van der Waals surface area (Å²) in [5, 5.41) is 2.72. The summed E-state index contributed by atoms with van der Waals surface area (Å²) in [7, 11) is 0. The molecule has 0 saturated heterocycles. The van der Waals surface area contributed by atoms with Crippen LogP contribution in [-0.2, 0) is 4.79 Å². The smallest absolute Gasteiger partial charge is 0.275 e. The Hall–Kier alpha value is -2.47. The zero-order chi connectivity index (χ0) is 15.7. The first kappa shape index (κ1) is 14.5. The van der Waals surface area contributed by atoms with Gasteiger partial charge in [0.25, 0.3) is 5.56 Å². The van der Waals surface area contributed by atoms with E-state index in [4.69, 9.17) is 0 Å². The Morgan fingerprint density at radius 2 is 2.00 bits per heavy atom. The number of halogens is 1. The number of para-hydroxylation sites is 2. The maximum atomic E-state index is 12.3. The molecule has 3 aromatic rings. The fourth-order valence-corrected chi connectivity index (χ4v) is 2.58. The SMILES string of the molecule is CC(=O)Nc1ccc(Br)cc1-c1nc2ccccc2[nH]c1=O. The number of hydrogen-bond donors (Lipinski definition) is 2. The van der Waals surface area contributed by atoms with Crippen molar-refractivity contribution in [3.63, 3.8) is 0 Å². The number of H-pyrrole nitrogens is 1. The van der Waals surface area contributed by atoms with Crippen LogP contribution in [0.15, 0.2) is 51.7 Å². The molecule has 1 aromatic heterocycles. The number of nitrogens with one attached hydrogen (secondary N) is 2. The zero-order valence-corrected chi connectivity index (χ0v) is 13.3. The Morgan fingerprint density at radius 3 is 2.77 bits per heavy atom. The Morgan fingerprint density at radius 1 is 1.23 bits per heavy atom. The van der Waals surface area contributed by atoms with Crippen LogP contribution in [0.4, 0.5) is 5.69 Å². The van der Waals surface area contributed by atoms with Crippen LogP contribution in [0.3, 0.4) is 0 Å². The molecule has 2 N–H and O–H groups in total. The zero-order valence-electron chi connectivity index (χ0n) is 11.7. The Kier molecular flexibility index (Phi) is 3.77. The summed E-state index contributed by atoms with van der Waals surface area (Å²) in [6, 6.07) is 12.6. The Bertz CT molecular complexity index is 934. The van der Waals surface area contributed by atoms with Crippen LogP contribution in [0.1, 0.15) is 6.92 Å². The highest BCUT2D eigenvalue weighted by Crippen LogP contribution is 2.28. The van der Waals surface area contributed by atoms with E-state index in [-0.39, 0.29) is 17.2 Å². The Balaban J connectivity index is 2.26. The summed E-state index contributed by atoms with van der Waals surface area (Å²) in [6.07, 6.45) is 0. The number of fused-ring (bicyclic) bond motifs is 1. The third-order valence-corrected chi connectivity index (χ3v) is 3.64. The molecular weight excluding hydrogens is 346 g/mol. The standard InChI is InChI=1S/C16H12BrN3O2/c1-9(21)18-12-7-6-10(17)8-11(12)15-16(22)20-14-5-3-2-4-13(14)19-15/h2-8H,1H3,(H,18,21)(H,20,22). The monoisotopic (exact) mass is 357 g/mol. The molecular formula is C16H12BrN3O2. The molecule has 5 nitrogen and oxygen atoms in total. The van der Waals surface area contributed by atoms with Crippen LogP contribution in [0.2, 0.25) is 0 Å². The fraction of sp³-hybridized carbons (Fsp3) is 0.0625. The molecule has 2 aromatic carbocycles. The number of anilines is 1. The summed E-state index contributed by atoms with van der Waals surface area (Å²) in [6.45, 7) is 1.42. The normalized spacial score (nSPS) is 10.6. The van der Waals surface area contributed by atoms with Gasteiger partial charge < -0.3 is 10.3 Å². The molecule has 0 fully saturated rings. The fourth-order valence-electron chi connectivity index (χ4n) is 2.22. The molecule has 1 heterocycles. The van der Waals surface area contributed by atoms with E-state index in [2.05, 4.69) is 31.2 Å². The average molecular weight is 358 g/mol. The molecule has 0 radical (unpaired) electrons. The number of nitrogens with zero attached hydrogens (tertiary/aromatic N) is 1. The summed E-state index contributed by atoms with van der Waals surface area (Å²) < 4.78 is 0.797. The molecule has 110 valence electrons. The second kappa shape index (κ2) is 5.73. The van der Waals surface area contributed by atoms with Gasteiger partial charge >= 0.3 is 0 Å². The van der Waals surface area contributed by atoms with Crippen molar-refractivity contribution in [3.8, 4) is 11.3 Å². The van der Waals surface area contributed by atoms with E-state index < -0.39 is 0 Å². The van der Waals surface area contributed by atoms with E-state index in [1.54, 1.807) is 24.3 Å².